The number of hydrogen-bond donors (Lipinski definition) is 1. The molecule has 1 N–H and O–H groups in total. The second-order valence-corrected chi connectivity index (χ2v) is 6.81. The molecule has 1 unspecified atom stereocenters. The third kappa shape index (κ3) is 4.91. The smallest absolute Gasteiger partial charge is 0.317 e. The van der Waals surface area contributed by atoms with Crippen LogP contribution in [0.25, 0.3) is 0 Å². The molecule has 0 aliphatic rings. The fraction of sp³-hybridized carbons (Fsp3) is 0.714. The molecule has 0 radical (unpaired) electrons. The average Bonchev–Trinajstić information content (AvgIpc) is 2.74. The predicted octanol–water partition coefficient (Wildman–Crippen LogP) is 3.13. The zero-order valence-corrected chi connectivity index (χ0v) is 13.3. The average molecular weight is 284 g/mol. The molecule has 19 heavy (non-hydrogen) atoms. The standard InChI is InChI=1S/C14H24N2O2S/c1-6-10(2)16(8-12(17)18)7-11-9-19-13(15-11)14(3,4)5/h9-10H,6-8H2,1-5H3,(H,17,18). The van der Waals surface area contributed by atoms with E-state index in [1.54, 1.807) is 11.3 Å². The van der Waals surface area contributed by atoms with Crippen LogP contribution in [0.1, 0.15) is 51.7 Å². The number of nitrogens with zero attached hydrogens (tertiary/aromatic N) is 2. The van der Waals surface area contributed by atoms with E-state index in [1.165, 1.54) is 0 Å². The minimum absolute atomic E-state index is 0.0525. The van der Waals surface area contributed by atoms with Crippen molar-refractivity contribution in [3.8, 4) is 0 Å². The van der Waals surface area contributed by atoms with Crippen molar-refractivity contribution in [3.05, 3.63) is 16.1 Å². The Morgan fingerprint density at radius 3 is 2.58 bits per heavy atom. The lowest BCUT2D eigenvalue weighted by molar-refractivity contribution is -0.139. The number of carbonyl (C=O) groups is 1. The van der Waals surface area contributed by atoms with Crippen LogP contribution in [0.5, 0.6) is 0 Å². The van der Waals surface area contributed by atoms with E-state index in [4.69, 9.17) is 5.11 Å². The molecular formula is C14H24N2O2S. The monoisotopic (exact) mass is 284 g/mol. The van der Waals surface area contributed by atoms with E-state index in [9.17, 15) is 4.79 Å². The van der Waals surface area contributed by atoms with Crippen LogP contribution in [0.3, 0.4) is 0 Å². The molecule has 1 aromatic heterocycles. The first-order chi connectivity index (χ1) is 8.74. The van der Waals surface area contributed by atoms with Gasteiger partial charge in [-0.2, -0.15) is 0 Å². The van der Waals surface area contributed by atoms with Gasteiger partial charge in [0.2, 0.25) is 0 Å². The van der Waals surface area contributed by atoms with Crippen LogP contribution in [0.2, 0.25) is 0 Å². The van der Waals surface area contributed by atoms with E-state index in [1.807, 2.05) is 10.3 Å². The van der Waals surface area contributed by atoms with Crippen LogP contribution in [0.4, 0.5) is 0 Å². The predicted molar refractivity (Wildman–Crippen MR) is 78.6 cm³/mol. The van der Waals surface area contributed by atoms with Crippen molar-refractivity contribution in [2.24, 2.45) is 0 Å². The molecule has 1 rings (SSSR count). The summed E-state index contributed by atoms with van der Waals surface area (Å²) in [5.41, 5.74) is 1.02. The van der Waals surface area contributed by atoms with Gasteiger partial charge < -0.3 is 5.11 Å². The Balaban J connectivity index is 2.79. The first-order valence-electron chi connectivity index (χ1n) is 6.64. The minimum atomic E-state index is -0.786. The summed E-state index contributed by atoms with van der Waals surface area (Å²) < 4.78 is 0. The Labute approximate surface area is 119 Å². The highest BCUT2D eigenvalue weighted by atomic mass is 32.1. The summed E-state index contributed by atoms with van der Waals surface area (Å²) in [6.45, 7) is 11.2. The van der Waals surface area contributed by atoms with Crippen molar-refractivity contribution in [3.63, 3.8) is 0 Å². The SMILES string of the molecule is CCC(C)N(CC(=O)O)Cc1csc(C(C)(C)C)n1. The third-order valence-corrected chi connectivity index (χ3v) is 4.43. The molecule has 0 saturated heterocycles. The molecule has 0 saturated carbocycles. The van der Waals surface area contributed by atoms with Gasteiger partial charge in [0.15, 0.2) is 0 Å². The van der Waals surface area contributed by atoms with Gasteiger partial charge in [0.25, 0.3) is 0 Å². The topological polar surface area (TPSA) is 53.4 Å². The van der Waals surface area contributed by atoms with Crippen LogP contribution >= 0.6 is 11.3 Å². The van der Waals surface area contributed by atoms with Gasteiger partial charge in [0.05, 0.1) is 17.2 Å². The van der Waals surface area contributed by atoms with Crippen molar-refractivity contribution in [2.75, 3.05) is 6.54 Å². The van der Waals surface area contributed by atoms with Gasteiger partial charge in [-0.1, -0.05) is 27.7 Å². The molecule has 1 aromatic rings. The molecule has 0 aromatic carbocycles. The van der Waals surface area contributed by atoms with Gasteiger partial charge in [-0.05, 0) is 13.3 Å². The zero-order chi connectivity index (χ0) is 14.6. The van der Waals surface area contributed by atoms with Crippen LogP contribution in [0, 0.1) is 0 Å². The minimum Gasteiger partial charge on any atom is -0.480 e. The fourth-order valence-electron chi connectivity index (χ4n) is 1.73. The zero-order valence-electron chi connectivity index (χ0n) is 12.4. The van der Waals surface area contributed by atoms with Crippen molar-refractivity contribution in [1.29, 1.82) is 0 Å². The Morgan fingerprint density at radius 1 is 1.53 bits per heavy atom. The van der Waals surface area contributed by atoms with E-state index in [0.717, 1.165) is 17.1 Å². The second kappa shape index (κ2) is 6.48. The molecule has 1 heterocycles. The van der Waals surface area contributed by atoms with E-state index < -0.39 is 5.97 Å². The Morgan fingerprint density at radius 2 is 2.16 bits per heavy atom. The van der Waals surface area contributed by atoms with Crippen LogP contribution in [-0.4, -0.2) is 33.5 Å². The van der Waals surface area contributed by atoms with Crippen LogP contribution < -0.4 is 0 Å². The molecule has 0 amide bonds. The molecule has 0 spiro atoms. The largest absolute Gasteiger partial charge is 0.480 e. The number of carboxylic acid groups (broad SMARTS) is 1. The number of carboxylic acids is 1. The first-order valence-corrected chi connectivity index (χ1v) is 7.52. The Kier molecular flexibility index (Phi) is 5.50. The number of hydrogen-bond acceptors (Lipinski definition) is 4. The molecule has 0 aliphatic heterocycles. The lowest BCUT2D eigenvalue weighted by Crippen LogP contribution is -2.36. The number of thiazole rings is 1. The summed E-state index contributed by atoms with van der Waals surface area (Å²) in [5.74, 6) is -0.786. The first kappa shape index (κ1) is 16.1. The van der Waals surface area contributed by atoms with Gasteiger partial charge in [0.1, 0.15) is 0 Å². The summed E-state index contributed by atoms with van der Waals surface area (Å²) >= 11 is 1.65. The molecule has 5 heteroatoms. The normalized spacial score (nSPS) is 13.8. The third-order valence-electron chi connectivity index (χ3n) is 3.11. The number of rotatable bonds is 6. The summed E-state index contributed by atoms with van der Waals surface area (Å²) in [6.07, 6.45) is 0.934. The van der Waals surface area contributed by atoms with E-state index in [-0.39, 0.29) is 18.0 Å². The fourth-order valence-corrected chi connectivity index (χ4v) is 2.63. The summed E-state index contributed by atoms with van der Waals surface area (Å²) in [4.78, 5) is 17.5. The summed E-state index contributed by atoms with van der Waals surface area (Å²) in [7, 11) is 0. The molecule has 0 aliphatic carbocycles. The van der Waals surface area contributed by atoms with E-state index in [2.05, 4.69) is 39.6 Å². The van der Waals surface area contributed by atoms with Crippen molar-refractivity contribution < 1.29 is 9.90 Å². The van der Waals surface area contributed by atoms with Gasteiger partial charge in [-0.3, -0.25) is 9.69 Å². The van der Waals surface area contributed by atoms with Gasteiger partial charge in [-0.25, -0.2) is 4.98 Å². The highest BCUT2D eigenvalue weighted by Gasteiger charge is 2.21. The van der Waals surface area contributed by atoms with Gasteiger partial charge in [0, 0.05) is 23.4 Å². The summed E-state index contributed by atoms with van der Waals surface area (Å²) in [6, 6.07) is 0.246. The molecule has 4 nitrogen and oxygen atoms in total. The van der Waals surface area contributed by atoms with Gasteiger partial charge >= 0.3 is 5.97 Å². The maximum absolute atomic E-state index is 10.9. The Bertz CT molecular complexity index is 423. The van der Waals surface area contributed by atoms with Crippen LogP contribution in [0.15, 0.2) is 5.38 Å². The van der Waals surface area contributed by atoms with Crippen molar-refractivity contribution in [2.45, 2.75) is 59.0 Å². The maximum Gasteiger partial charge on any atom is 0.317 e. The quantitative estimate of drug-likeness (QED) is 0.872. The van der Waals surface area contributed by atoms with Crippen molar-refractivity contribution in [1.82, 2.24) is 9.88 Å². The van der Waals surface area contributed by atoms with Gasteiger partial charge in [-0.15, -0.1) is 11.3 Å². The lowest BCUT2D eigenvalue weighted by atomic mass is 9.98. The van der Waals surface area contributed by atoms with E-state index >= 15 is 0 Å². The highest BCUT2D eigenvalue weighted by Crippen LogP contribution is 2.26. The molecule has 1 atom stereocenters. The Hall–Kier alpha value is -0.940. The summed E-state index contributed by atoms with van der Waals surface area (Å²) in [5, 5.41) is 12.1. The molecule has 108 valence electrons. The molecule has 0 fully saturated rings. The van der Waals surface area contributed by atoms with Crippen molar-refractivity contribution >= 4 is 17.3 Å². The second-order valence-electron chi connectivity index (χ2n) is 5.95. The lowest BCUT2D eigenvalue weighted by Gasteiger charge is -2.25. The number of aliphatic carboxylic acids is 1. The number of aromatic nitrogens is 1. The maximum atomic E-state index is 10.9. The van der Waals surface area contributed by atoms with E-state index in [0.29, 0.717) is 6.54 Å². The molecular weight excluding hydrogens is 260 g/mol. The molecule has 0 bridgehead atoms. The highest BCUT2D eigenvalue weighted by molar-refractivity contribution is 7.09. The van der Waals surface area contributed by atoms with Crippen LogP contribution in [-0.2, 0) is 16.8 Å².